The topological polar surface area (TPSA) is 100.0 Å². The van der Waals surface area contributed by atoms with Gasteiger partial charge in [0.1, 0.15) is 11.8 Å². The number of hydrogen-bond donors (Lipinski definition) is 2. The van der Waals surface area contributed by atoms with Gasteiger partial charge in [0.15, 0.2) is 0 Å². The number of carboxylic acid groups (broad SMARTS) is 1. The molecule has 0 aliphatic carbocycles. The molecule has 7 nitrogen and oxygen atoms in total. The number of aromatic nitrogens is 1. The normalized spacial score (nSPS) is 13.4. The number of aliphatic carboxylic acids is 1. The van der Waals surface area contributed by atoms with Gasteiger partial charge in [0, 0.05) is 12.3 Å². The Morgan fingerprint density at radius 1 is 1.00 bits per heavy atom. The Morgan fingerprint density at radius 3 is 1.97 bits per heavy atom. The minimum absolute atomic E-state index is 0.0142. The zero-order valence-corrected chi connectivity index (χ0v) is 18.9. The van der Waals surface area contributed by atoms with Gasteiger partial charge in [0.25, 0.3) is 11.3 Å². The number of hydrogen-bond acceptors (Lipinski definition) is 4. The highest BCUT2D eigenvalue weighted by atomic mass is 32.2. The predicted molar refractivity (Wildman–Crippen MR) is 121 cm³/mol. The first kappa shape index (κ1) is 25.2. The van der Waals surface area contributed by atoms with Crippen LogP contribution in [0.3, 0.4) is 0 Å². The van der Waals surface area contributed by atoms with Crippen LogP contribution in [0, 0.1) is 5.92 Å². The lowest BCUT2D eigenvalue weighted by Crippen LogP contribution is -2.45. The quantitative estimate of drug-likeness (QED) is 0.395. The number of benzene rings is 2. The fraction of sp³-hybridized carbons (Fsp3) is 0.217. The molecule has 0 saturated carbocycles. The van der Waals surface area contributed by atoms with Gasteiger partial charge in [-0.3, -0.25) is 8.86 Å². The zero-order valence-electron chi connectivity index (χ0n) is 18.1. The number of carbonyl (C=O) groups is 1. The highest BCUT2D eigenvalue weighted by Crippen LogP contribution is 2.31. The van der Waals surface area contributed by atoms with Gasteiger partial charge in [-0.25, -0.2) is 14.0 Å². The van der Waals surface area contributed by atoms with Gasteiger partial charge in [-0.15, -0.1) is 0 Å². The summed E-state index contributed by atoms with van der Waals surface area (Å²) in [4.78, 5) is 15.3. The summed E-state index contributed by atoms with van der Waals surface area (Å²) >= 11 is -2.54. The summed E-state index contributed by atoms with van der Waals surface area (Å²) in [5.41, 5.74) is 0.932. The summed E-state index contributed by atoms with van der Waals surface area (Å²) in [6.07, 6.45) is -3.78. The Balaban J connectivity index is 1.76. The summed E-state index contributed by atoms with van der Waals surface area (Å²) in [7, 11) is 0. The number of pyridine rings is 1. The van der Waals surface area contributed by atoms with E-state index in [0.717, 1.165) is 27.6 Å². The third-order valence-electron chi connectivity index (χ3n) is 4.90. The first-order valence-corrected chi connectivity index (χ1v) is 11.1. The summed E-state index contributed by atoms with van der Waals surface area (Å²) in [5.74, 6) is -1.24. The molecule has 3 aromatic rings. The first-order valence-electron chi connectivity index (χ1n) is 10.0. The molecule has 2 aromatic carbocycles. The minimum atomic E-state index is -4.48. The van der Waals surface area contributed by atoms with Crippen molar-refractivity contribution in [2.75, 3.05) is 4.31 Å². The lowest BCUT2D eigenvalue weighted by Gasteiger charge is -2.29. The van der Waals surface area contributed by atoms with Crippen molar-refractivity contribution in [1.29, 1.82) is 0 Å². The van der Waals surface area contributed by atoms with Gasteiger partial charge in [0.2, 0.25) is 5.88 Å². The van der Waals surface area contributed by atoms with Crippen molar-refractivity contribution >= 4 is 22.9 Å². The lowest BCUT2D eigenvalue weighted by atomic mass is 10.0. The Labute approximate surface area is 196 Å². The molecule has 2 atom stereocenters. The zero-order chi connectivity index (χ0) is 25.0. The van der Waals surface area contributed by atoms with E-state index in [0.29, 0.717) is 11.9 Å². The van der Waals surface area contributed by atoms with Crippen molar-refractivity contribution in [1.82, 2.24) is 4.98 Å². The van der Waals surface area contributed by atoms with E-state index in [1.54, 1.807) is 62.4 Å². The van der Waals surface area contributed by atoms with Gasteiger partial charge in [-0.05, 0) is 47.4 Å². The molecule has 0 aliphatic rings. The lowest BCUT2D eigenvalue weighted by molar-refractivity contribution is -0.139. The second-order valence-corrected chi connectivity index (χ2v) is 8.49. The van der Waals surface area contributed by atoms with Crippen LogP contribution in [0.4, 0.5) is 18.9 Å². The molecule has 1 heterocycles. The molecule has 180 valence electrons. The standard InChI is InChI=1S/C23H21F3N2O5S/c1-14(2)21(22(29)30)28(34(31)32)18-8-3-15(4-9-18)16-5-10-19(11-6-16)33-20-12-7-17(13-27-20)23(24,25)26/h3-14,21H,1-2H3,(H,29,30)(H,31,32). The van der Waals surface area contributed by atoms with Crippen LogP contribution in [-0.2, 0) is 22.2 Å². The van der Waals surface area contributed by atoms with E-state index in [1.807, 2.05) is 0 Å². The summed E-state index contributed by atoms with van der Waals surface area (Å²) in [6, 6.07) is 14.0. The molecule has 0 aliphatic heterocycles. The molecule has 0 radical (unpaired) electrons. The summed E-state index contributed by atoms with van der Waals surface area (Å²) in [6.45, 7) is 3.30. The van der Waals surface area contributed by atoms with Crippen molar-refractivity contribution < 1.29 is 36.6 Å². The average molecular weight is 494 g/mol. The van der Waals surface area contributed by atoms with Crippen molar-refractivity contribution in [3.63, 3.8) is 0 Å². The molecular weight excluding hydrogens is 473 g/mol. The van der Waals surface area contributed by atoms with E-state index in [-0.39, 0.29) is 11.6 Å². The molecular formula is C23H21F3N2O5S. The smallest absolute Gasteiger partial charge is 0.417 e. The van der Waals surface area contributed by atoms with Crippen LogP contribution in [0.5, 0.6) is 11.6 Å². The predicted octanol–water partition coefficient (Wildman–Crippen LogP) is 5.61. The van der Waals surface area contributed by atoms with Crippen molar-refractivity contribution in [3.8, 4) is 22.8 Å². The molecule has 3 rings (SSSR count). The average Bonchev–Trinajstić information content (AvgIpc) is 2.77. The van der Waals surface area contributed by atoms with Crippen LogP contribution in [0.2, 0.25) is 0 Å². The van der Waals surface area contributed by atoms with Crippen LogP contribution in [0.1, 0.15) is 19.4 Å². The number of nitrogens with zero attached hydrogens (tertiary/aromatic N) is 2. The van der Waals surface area contributed by atoms with E-state index in [4.69, 9.17) is 4.74 Å². The number of rotatable bonds is 8. The number of alkyl halides is 3. The molecule has 0 spiro atoms. The van der Waals surface area contributed by atoms with Crippen molar-refractivity contribution in [3.05, 3.63) is 72.4 Å². The molecule has 1 aromatic heterocycles. The fourth-order valence-electron chi connectivity index (χ4n) is 3.25. The number of carboxylic acids is 1. The Bertz CT molecular complexity index is 1150. The van der Waals surface area contributed by atoms with Gasteiger partial charge in [0.05, 0.1) is 11.3 Å². The Kier molecular flexibility index (Phi) is 7.57. The molecule has 11 heteroatoms. The second-order valence-electron chi connectivity index (χ2n) is 7.64. The van der Waals surface area contributed by atoms with E-state index >= 15 is 0 Å². The van der Waals surface area contributed by atoms with Gasteiger partial charge in [-0.2, -0.15) is 13.2 Å². The monoisotopic (exact) mass is 494 g/mol. The Morgan fingerprint density at radius 2 is 1.56 bits per heavy atom. The van der Waals surface area contributed by atoms with Crippen LogP contribution >= 0.6 is 0 Å². The number of ether oxygens (including phenoxy) is 1. The maximum absolute atomic E-state index is 12.6. The van der Waals surface area contributed by atoms with Crippen molar-refractivity contribution in [2.45, 2.75) is 26.1 Å². The van der Waals surface area contributed by atoms with Gasteiger partial charge < -0.3 is 9.84 Å². The van der Waals surface area contributed by atoms with E-state index < -0.39 is 40.9 Å². The van der Waals surface area contributed by atoms with Crippen LogP contribution < -0.4 is 9.04 Å². The maximum atomic E-state index is 12.6. The molecule has 0 bridgehead atoms. The van der Waals surface area contributed by atoms with E-state index in [9.17, 15) is 31.8 Å². The summed E-state index contributed by atoms with van der Waals surface area (Å²) < 4.78 is 65.9. The van der Waals surface area contributed by atoms with E-state index in [2.05, 4.69) is 4.98 Å². The summed E-state index contributed by atoms with van der Waals surface area (Å²) in [5, 5.41) is 9.48. The number of anilines is 1. The van der Waals surface area contributed by atoms with Crippen LogP contribution in [-0.4, -0.2) is 30.9 Å². The fourth-order valence-corrected chi connectivity index (χ4v) is 4.08. The van der Waals surface area contributed by atoms with E-state index in [1.165, 1.54) is 0 Å². The van der Waals surface area contributed by atoms with Crippen LogP contribution in [0.25, 0.3) is 11.1 Å². The molecule has 2 unspecified atom stereocenters. The largest absolute Gasteiger partial charge is 0.480 e. The SMILES string of the molecule is CC(C)C(C(=O)O)N(c1ccc(-c2ccc(Oc3ccc(C(F)(F)F)cn3)cc2)cc1)S(=O)O. The second kappa shape index (κ2) is 10.2. The highest BCUT2D eigenvalue weighted by molar-refractivity contribution is 7.80. The molecule has 34 heavy (non-hydrogen) atoms. The van der Waals surface area contributed by atoms with Gasteiger partial charge >= 0.3 is 12.1 Å². The first-order chi connectivity index (χ1) is 16.0. The molecule has 0 amide bonds. The molecule has 0 fully saturated rings. The minimum Gasteiger partial charge on any atom is -0.480 e. The Hall–Kier alpha value is -3.44. The highest BCUT2D eigenvalue weighted by Gasteiger charge is 2.33. The van der Waals surface area contributed by atoms with Crippen molar-refractivity contribution in [2.24, 2.45) is 5.92 Å². The molecule has 2 N–H and O–H groups in total. The van der Waals surface area contributed by atoms with Gasteiger partial charge in [-0.1, -0.05) is 38.1 Å². The third kappa shape index (κ3) is 5.91. The maximum Gasteiger partial charge on any atom is 0.417 e. The van der Waals surface area contributed by atoms with Crippen LogP contribution in [0.15, 0.2) is 66.9 Å². The number of halogens is 3. The molecule has 0 saturated heterocycles. The third-order valence-corrected chi connectivity index (χ3v) is 5.68.